The van der Waals surface area contributed by atoms with Crippen LogP contribution in [-0.2, 0) is 19.4 Å². The van der Waals surface area contributed by atoms with Gasteiger partial charge in [0.1, 0.15) is 17.7 Å². The number of nitrogens with two attached hydrogens (primary N) is 1. The van der Waals surface area contributed by atoms with Gasteiger partial charge in [-0.1, -0.05) is 5.21 Å². The normalized spacial score (nSPS) is 16.8. The highest BCUT2D eigenvalue weighted by Crippen LogP contribution is 2.29. The Kier molecular flexibility index (Phi) is 4.15. The molecular weight excluding hydrogens is 271 g/mol. The molecule has 21 heavy (non-hydrogen) atoms. The van der Waals surface area contributed by atoms with E-state index in [1.54, 1.807) is 10.7 Å². The van der Waals surface area contributed by atoms with Gasteiger partial charge in [0, 0.05) is 18.2 Å². The molecule has 1 unspecified atom stereocenters. The zero-order valence-corrected chi connectivity index (χ0v) is 11.8. The Hall–Kier alpha value is -1.95. The molecule has 2 aromatic rings. The van der Waals surface area contributed by atoms with Crippen LogP contribution in [0, 0.1) is 5.82 Å². The summed E-state index contributed by atoms with van der Waals surface area (Å²) in [6, 6.07) is 4.64. The van der Waals surface area contributed by atoms with Gasteiger partial charge in [0.05, 0.1) is 12.2 Å². The smallest absolute Gasteiger partial charge is 0.123 e. The maximum absolute atomic E-state index is 13.2. The number of halogens is 1. The predicted molar refractivity (Wildman–Crippen MR) is 76.5 cm³/mol. The lowest BCUT2D eigenvalue weighted by atomic mass is 10.1. The molecule has 0 bridgehead atoms. The van der Waals surface area contributed by atoms with Gasteiger partial charge in [-0.3, -0.25) is 0 Å². The Morgan fingerprint density at radius 3 is 3.14 bits per heavy atom. The van der Waals surface area contributed by atoms with Gasteiger partial charge in [-0.05, 0) is 44.0 Å². The molecule has 1 aromatic carbocycles. The lowest BCUT2D eigenvalue weighted by Crippen LogP contribution is -2.21. The van der Waals surface area contributed by atoms with Gasteiger partial charge < -0.3 is 10.5 Å². The molecule has 1 aliphatic heterocycles. The molecule has 0 aliphatic carbocycles. The molecule has 2 heterocycles. The van der Waals surface area contributed by atoms with Crippen molar-refractivity contribution in [1.29, 1.82) is 0 Å². The fraction of sp³-hybridized carbons (Fsp3) is 0.467. The fourth-order valence-electron chi connectivity index (χ4n) is 2.59. The number of fused-ring (bicyclic) bond motifs is 1. The first-order chi connectivity index (χ1) is 10.2. The number of benzene rings is 1. The van der Waals surface area contributed by atoms with Gasteiger partial charge in [0.15, 0.2) is 0 Å². The minimum Gasteiger partial charge on any atom is -0.488 e. The zero-order chi connectivity index (χ0) is 14.7. The van der Waals surface area contributed by atoms with E-state index in [0.29, 0.717) is 19.5 Å². The van der Waals surface area contributed by atoms with Crippen LogP contribution >= 0.6 is 0 Å². The van der Waals surface area contributed by atoms with E-state index in [0.717, 1.165) is 36.3 Å². The average Bonchev–Trinajstić information content (AvgIpc) is 3.05. The van der Waals surface area contributed by atoms with Crippen molar-refractivity contribution in [2.45, 2.75) is 38.3 Å². The van der Waals surface area contributed by atoms with E-state index in [-0.39, 0.29) is 11.9 Å². The van der Waals surface area contributed by atoms with Crippen molar-refractivity contribution in [3.8, 4) is 5.75 Å². The summed E-state index contributed by atoms with van der Waals surface area (Å²) in [5.41, 5.74) is 7.37. The minimum atomic E-state index is -0.221. The van der Waals surface area contributed by atoms with Crippen LogP contribution in [0.3, 0.4) is 0 Å². The molecule has 0 spiro atoms. The summed E-state index contributed by atoms with van der Waals surface area (Å²) in [6.07, 6.45) is 5.56. The lowest BCUT2D eigenvalue weighted by Gasteiger charge is -2.09. The Bertz CT molecular complexity index is 613. The third kappa shape index (κ3) is 3.39. The van der Waals surface area contributed by atoms with Crippen LogP contribution in [0.5, 0.6) is 5.75 Å². The average molecular weight is 290 g/mol. The van der Waals surface area contributed by atoms with Crippen LogP contribution in [0.25, 0.3) is 0 Å². The first-order valence-corrected chi connectivity index (χ1v) is 7.29. The molecule has 5 nitrogen and oxygen atoms in total. The highest BCUT2D eigenvalue weighted by Gasteiger charge is 2.24. The van der Waals surface area contributed by atoms with Crippen molar-refractivity contribution in [3.63, 3.8) is 0 Å². The van der Waals surface area contributed by atoms with E-state index in [2.05, 4.69) is 10.3 Å². The third-order valence-corrected chi connectivity index (χ3v) is 3.63. The molecule has 1 aromatic heterocycles. The molecule has 0 saturated carbocycles. The van der Waals surface area contributed by atoms with Gasteiger partial charge in [-0.2, -0.15) is 0 Å². The second-order valence-corrected chi connectivity index (χ2v) is 5.37. The quantitative estimate of drug-likeness (QED) is 0.822. The van der Waals surface area contributed by atoms with Gasteiger partial charge in [-0.15, -0.1) is 5.10 Å². The standard InChI is InChI=1S/C15H19FN4O/c16-12-4-5-15-11(7-12)8-14(21-15)10-20-9-13(18-19-20)3-1-2-6-17/h4-5,7,9,14H,1-3,6,8,10,17H2. The fourth-order valence-corrected chi connectivity index (χ4v) is 2.59. The molecule has 6 heteroatoms. The molecule has 3 rings (SSSR count). The van der Waals surface area contributed by atoms with Crippen molar-refractivity contribution in [1.82, 2.24) is 15.0 Å². The number of rotatable bonds is 6. The van der Waals surface area contributed by atoms with Gasteiger partial charge >= 0.3 is 0 Å². The van der Waals surface area contributed by atoms with Gasteiger partial charge in [-0.25, -0.2) is 9.07 Å². The Balaban J connectivity index is 1.56. The molecule has 1 atom stereocenters. The molecule has 0 amide bonds. The number of aromatic nitrogens is 3. The number of unbranched alkanes of at least 4 members (excludes halogenated alkanes) is 1. The number of ether oxygens (including phenoxy) is 1. The molecule has 1 aliphatic rings. The van der Waals surface area contributed by atoms with E-state index in [1.807, 2.05) is 6.20 Å². The summed E-state index contributed by atoms with van der Waals surface area (Å²) in [5.74, 6) is 0.547. The monoisotopic (exact) mass is 290 g/mol. The Labute approximate surface area is 122 Å². The highest BCUT2D eigenvalue weighted by atomic mass is 19.1. The Morgan fingerprint density at radius 1 is 1.38 bits per heavy atom. The summed E-state index contributed by atoms with van der Waals surface area (Å²) in [6.45, 7) is 1.33. The summed E-state index contributed by atoms with van der Waals surface area (Å²) < 4.78 is 20.8. The van der Waals surface area contributed by atoms with E-state index in [4.69, 9.17) is 10.5 Å². The molecule has 0 saturated heterocycles. The van der Waals surface area contributed by atoms with Gasteiger partial charge in [0.2, 0.25) is 0 Å². The summed E-state index contributed by atoms with van der Waals surface area (Å²) in [5, 5.41) is 8.27. The predicted octanol–water partition coefficient (Wildman–Crippen LogP) is 1.70. The van der Waals surface area contributed by atoms with Crippen molar-refractivity contribution >= 4 is 0 Å². The minimum absolute atomic E-state index is 0.0135. The third-order valence-electron chi connectivity index (χ3n) is 3.63. The SMILES string of the molecule is NCCCCc1cn(CC2Cc3cc(F)ccc3O2)nn1. The van der Waals surface area contributed by atoms with E-state index in [1.165, 1.54) is 12.1 Å². The molecule has 2 N–H and O–H groups in total. The lowest BCUT2D eigenvalue weighted by molar-refractivity contribution is 0.202. The maximum atomic E-state index is 13.2. The molecule has 112 valence electrons. The first kappa shape index (κ1) is 14.0. The molecular formula is C15H19FN4O. The van der Waals surface area contributed by atoms with Crippen LogP contribution in [0.15, 0.2) is 24.4 Å². The van der Waals surface area contributed by atoms with Crippen molar-refractivity contribution in [3.05, 3.63) is 41.5 Å². The van der Waals surface area contributed by atoms with Crippen LogP contribution < -0.4 is 10.5 Å². The van der Waals surface area contributed by atoms with Crippen molar-refractivity contribution < 1.29 is 9.13 Å². The largest absolute Gasteiger partial charge is 0.488 e. The van der Waals surface area contributed by atoms with Crippen LogP contribution in [0.1, 0.15) is 24.1 Å². The first-order valence-electron chi connectivity index (χ1n) is 7.29. The number of nitrogens with zero attached hydrogens (tertiary/aromatic N) is 3. The highest BCUT2D eigenvalue weighted by molar-refractivity contribution is 5.37. The van der Waals surface area contributed by atoms with E-state index < -0.39 is 0 Å². The summed E-state index contributed by atoms with van der Waals surface area (Å²) in [7, 11) is 0. The molecule has 0 radical (unpaired) electrons. The Morgan fingerprint density at radius 2 is 2.29 bits per heavy atom. The zero-order valence-electron chi connectivity index (χ0n) is 11.8. The number of aryl methyl sites for hydroxylation is 1. The second-order valence-electron chi connectivity index (χ2n) is 5.37. The van der Waals surface area contributed by atoms with Crippen LogP contribution in [-0.4, -0.2) is 27.6 Å². The summed E-state index contributed by atoms with van der Waals surface area (Å²) >= 11 is 0. The van der Waals surface area contributed by atoms with E-state index in [9.17, 15) is 4.39 Å². The van der Waals surface area contributed by atoms with Crippen LogP contribution in [0.4, 0.5) is 4.39 Å². The number of hydrogen-bond donors (Lipinski definition) is 1. The van der Waals surface area contributed by atoms with Crippen molar-refractivity contribution in [2.24, 2.45) is 5.73 Å². The number of hydrogen-bond acceptors (Lipinski definition) is 4. The topological polar surface area (TPSA) is 66.0 Å². The van der Waals surface area contributed by atoms with Gasteiger partial charge in [0.25, 0.3) is 0 Å². The molecule has 0 fully saturated rings. The van der Waals surface area contributed by atoms with Crippen LogP contribution in [0.2, 0.25) is 0 Å². The summed E-state index contributed by atoms with van der Waals surface area (Å²) in [4.78, 5) is 0. The second kappa shape index (κ2) is 6.22. The van der Waals surface area contributed by atoms with Crippen molar-refractivity contribution in [2.75, 3.05) is 6.54 Å². The van der Waals surface area contributed by atoms with E-state index >= 15 is 0 Å². The maximum Gasteiger partial charge on any atom is 0.123 e.